The van der Waals surface area contributed by atoms with Gasteiger partial charge >= 0.3 is 0 Å². The van der Waals surface area contributed by atoms with Crippen LogP contribution >= 0.6 is 11.3 Å². The molecule has 1 aliphatic carbocycles. The van der Waals surface area contributed by atoms with E-state index < -0.39 is 0 Å². The highest BCUT2D eigenvalue weighted by Crippen LogP contribution is 2.35. The standard InChI is InChI=1S/C24H29N3O4S/c1-14-4-6-16-19(12-14)32-24-22(16)23(29)26-20(27-24)8-9-21(28)25-11-10-15-5-7-17(30-2)18(13-15)31-3/h5,7,13-14H,4,6,8-12H2,1-3H3,(H,25,28)(H,26,27,29)/t14-/m0/s1. The van der Waals surface area contributed by atoms with Crippen LogP contribution in [0.5, 0.6) is 11.5 Å². The van der Waals surface area contributed by atoms with E-state index in [9.17, 15) is 9.59 Å². The molecule has 170 valence electrons. The Morgan fingerprint density at radius 1 is 1.25 bits per heavy atom. The lowest BCUT2D eigenvalue weighted by atomic mass is 9.89. The highest BCUT2D eigenvalue weighted by molar-refractivity contribution is 7.18. The van der Waals surface area contributed by atoms with E-state index in [4.69, 9.17) is 9.47 Å². The van der Waals surface area contributed by atoms with E-state index in [1.54, 1.807) is 25.6 Å². The quantitative estimate of drug-likeness (QED) is 0.543. The number of amides is 1. The fourth-order valence-corrected chi connectivity index (χ4v) is 5.62. The molecule has 8 heteroatoms. The smallest absolute Gasteiger partial charge is 0.259 e. The first-order chi connectivity index (χ1) is 15.5. The number of ether oxygens (including phenoxy) is 2. The number of aromatic nitrogens is 2. The third-order valence-corrected chi connectivity index (χ3v) is 7.14. The zero-order valence-corrected chi connectivity index (χ0v) is 19.6. The monoisotopic (exact) mass is 455 g/mol. The maximum absolute atomic E-state index is 12.7. The van der Waals surface area contributed by atoms with Gasteiger partial charge < -0.3 is 19.8 Å². The van der Waals surface area contributed by atoms with Crippen LogP contribution in [0.4, 0.5) is 0 Å². The molecule has 4 rings (SSSR count). The van der Waals surface area contributed by atoms with Crippen LogP contribution in [0, 0.1) is 5.92 Å². The summed E-state index contributed by atoms with van der Waals surface area (Å²) in [6, 6.07) is 5.73. The molecule has 0 bridgehead atoms. The van der Waals surface area contributed by atoms with Crippen LogP contribution in [0.1, 0.15) is 41.6 Å². The molecule has 0 saturated heterocycles. The minimum atomic E-state index is -0.0779. The molecule has 0 spiro atoms. The number of hydrogen-bond donors (Lipinski definition) is 2. The number of methoxy groups -OCH3 is 2. The van der Waals surface area contributed by atoms with Crippen molar-refractivity contribution in [3.8, 4) is 11.5 Å². The van der Waals surface area contributed by atoms with Crippen molar-refractivity contribution in [3.05, 3.63) is 50.4 Å². The number of carbonyl (C=O) groups is 1. The minimum absolute atomic E-state index is 0.0625. The summed E-state index contributed by atoms with van der Waals surface area (Å²) in [6.45, 7) is 2.77. The van der Waals surface area contributed by atoms with Gasteiger partial charge in [-0.2, -0.15) is 0 Å². The number of rotatable bonds is 8. The number of nitrogens with one attached hydrogen (secondary N) is 2. The SMILES string of the molecule is COc1ccc(CCNC(=O)CCc2nc3sc4c(c3c(=O)[nH]2)CC[C@H](C)C4)cc1OC. The van der Waals surface area contributed by atoms with Crippen molar-refractivity contribution < 1.29 is 14.3 Å². The van der Waals surface area contributed by atoms with Gasteiger partial charge in [0.15, 0.2) is 11.5 Å². The normalized spacial score (nSPS) is 15.4. The van der Waals surface area contributed by atoms with Crippen LogP contribution in [-0.4, -0.2) is 36.6 Å². The van der Waals surface area contributed by atoms with Crippen molar-refractivity contribution in [1.82, 2.24) is 15.3 Å². The van der Waals surface area contributed by atoms with Crippen molar-refractivity contribution in [1.29, 1.82) is 0 Å². The Bertz CT molecular complexity index is 1180. The number of nitrogens with zero attached hydrogens (tertiary/aromatic N) is 1. The van der Waals surface area contributed by atoms with E-state index in [-0.39, 0.29) is 17.9 Å². The fraction of sp³-hybridized carbons (Fsp3) is 0.458. The van der Waals surface area contributed by atoms with Crippen molar-refractivity contribution in [2.75, 3.05) is 20.8 Å². The first-order valence-corrected chi connectivity index (χ1v) is 11.8. The van der Waals surface area contributed by atoms with E-state index in [0.29, 0.717) is 42.6 Å². The third-order valence-electron chi connectivity index (χ3n) is 5.99. The minimum Gasteiger partial charge on any atom is -0.493 e. The number of aryl methyl sites for hydroxylation is 2. The zero-order chi connectivity index (χ0) is 22.7. The molecule has 7 nitrogen and oxygen atoms in total. The van der Waals surface area contributed by atoms with Crippen LogP contribution in [0.25, 0.3) is 10.2 Å². The van der Waals surface area contributed by atoms with E-state index in [1.807, 2.05) is 18.2 Å². The second-order valence-electron chi connectivity index (χ2n) is 8.33. The Balaban J connectivity index is 1.33. The highest BCUT2D eigenvalue weighted by atomic mass is 32.1. The van der Waals surface area contributed by atoms with Gasteiger partial charge in [0.2, 0.25) is 5.91 Å². The molecule has 2 heterocycles. The van der Waals surface area contributed by atoms with Gasteiger partial charge in [0.25, 0.3) is 5.56 Å². The summed E-state index contributed by atoms with van der Waals surface area (Å²) in [7, 11) is 3.20. The molecule has 1 aliphatic rings. The van der Waals surface area contributed by atoms with Gasteiger partial charge in [0.05, 0.1) is 19.6 Å². The van der Waals surface area contributed by atoms with Gasteiger partial charge in [-0.25, -0.2) is 4.98 Å². The van der Waals surface area contributed by atoms with Crippen molar-refractivity contribution in [2.45, 2.75) is 45.4 Å². The molecule has 3 aromatic rings. The molecule has 32 heavy (non-hydrogen) atoms. The van der Waals surface area contributed by atoms with Crippen LogP contribution in [0.3, 0.4) is 0 Å². The summed E-state index contributed by atoms with van der Waals surface area (Å²) in [5.41, 5.74) is 2.15. The second-order valence-corrected chi connectivity index (χ2v) is 9.42. The maximum Gasteiger partial charge on any atom is 0.259 e. The van der Waals surface area contributed by atoms with Crippen LogP contribution < -0.4 is 20.3 Å². The summed E-state index contributed by atoms with van der Waals surface area (Å²) >= 11 is 1.63. The highest BCUT2D eigenvalue weighted by Gasteiger charge is 2.23. The number of hydrogen-bond acceptors (Lipinski definition) is 6. The molecule has 0 radical (unpaired) electrons. The average Bonchev–Trinajstić information content (AvgIpc) is 3.15. The van der Waals surface area contributed by atoms with Gasteiger partial charge in [-0.1, -0.05) is 13.0 Å². The van der Waals surface area contributed by atoms with Crippen LogP contribution in [0.15, 0.2) is 23.0 Å². The van der Waals surface area contributed by atoms with Gasteiger partial charge in [0.1, 0.15) is 10.7 Å². The average molecular weight is 456 g/mol. The van der Waals surface area contributed by atoms with Gasteiger partial charge in [-0.3, -0.25) is 9.59 Å². The van der Waals surface area contributed by atoms with Gasteiger partial charge in [-0.15, -0.1) is 11.3 Å². The summed E-state index contributed by atoms with van der Waals surface area (Å²) < 4.78 is 10.6. The molecule has 0 unspecified atom stereocenters. The second kappa shape index (κ2) is 9.73. The molecule has 1 amide bonds. The van der Waals surface area contributed by atoms with Crippen molar-refractivity contribution in [3.63, 3.8) is 0 Å². The Morgan fingerprint density at radius 2 is 2.06 bits per heavy atom. The lowest BCUT2D eigenvalue weighted by Gasteiger charge is -2.17. The molecular weight excluding hydrogens is 426 g/mol. The predicted molar refractivity (Wildman–Crippen MR) is 126 cm³/mol. The molecular formula is C24H29N3O4S. The Morgan fingerprint density at radius 3 is 2.84 bits per heavy atom. The van der Waals surface area contributed by atoms with Crippen molar-refractivity contribution >= 4 is 27.5 Å². The number of carbonyl (C=O) groups excluding carboxylic acids is 1. The summed E-state index contributed by atoms with van der Waals surface area (Å²) in [5, 5.41) is 3.69. The van der Waals surface area contributed by atoms with Crippen LogP contribution in [0.2, 0.25) is 0 Å². The molecule has 0 fully saturated rings. The number of thiophene rings is 1. The summed E-state index contributed by atoms with van der Waals surface area (Å²) in [6.07, 6.45) is 4.46. The predicted octanol–water partition coefficient (Wildman–Crippen LogP) is 3.42. The lowest BCUT2D eigenvalue weighted by Crippen LogP contribution is -2.26. The number of fused-ring (bicyclic) bond motifs is 3. The molecule has 2 N–H and O–H groups in total. The molecule has 0 aliphatic heterocycles. The van der Waals surface area contributed by atoms with Crippen LogP contribution in [-0.2, 0) is 30.5 Å². The Kier molecular flexibility index (Phi) is 6.79. The Hall–Kier alpha value is -2.87. The number of aromatic amines is 1. The lowest BCUT2D eigenvalue weighted by molar-refractivity contribution is -0.121. The Labute approximate surface area is 191 Å². The third kappa shape index (κ3) is 4.80. The van der Waals surface area contributed by atoms with Gasteiger partial charge in [-0.05, 0) is 54.9 Å². The maximum atomic E-state index is 12.7. The molecule has 1 atom stereocenters. The first-order valence-electron chi connectivity index (χ1n) is 11.0. The number of benzene rings is 1. The molecule has 2 aromatic heterocycles. The topological polar surface area (TPSA) is 93.3 Å². The van der Waals surface area contributed by atoms with Crippen molar-refractivity contribution in [2.24, 2.45) is 5.92 Å². The van der Waals surface area contributed by atoms with E-state index in [2.05, 4.69) is 22.2 Å². The molecule has 0 saturated carbocycles. The first kappa shape index (κ1) is 22.3. The largest absolute Gasteiger partial charge is 0.493 e. The summed E-state index contributed by atoms with van der Waals surface area (Å²) in [5.74, 6) is 2.51. The van der Waals surface area contributed by atoms with E-state index in [1.165, 1.54) is 10.4 Å². The zero-order valence-electron chi connectivity index (χ0n) is 18.7. The van der Waals surface area contributed by atoms with Gasteiger partial charge in [0, 0.05) is 24.3 Å². The fourth-order valence-electron chi connectivity index (χ4n) is 4.21. The summed E-state index contributed by atoms with van der Waals surface area (Å²) in [4.78, 5) is 34.6. The van der Waals surface area contributed by atoms with E-state index in [0.717, 1.165) is 35.0 Å². The van der Waals surface area contributed by atoms with E-state index >= 15 is 0 Å². The number of H-pyrrole nitrogens is 1. The molecule has 1 aromatic carbocycles.